The molecule has 1 nitrogen and oxygen atoms in total. The van der Waals surface area contributed by atoms with E-state index in [1.807, 2.05) is 0 Å². The second-order valence-electron chi connectivity index (χ2n) is 3.58. The first-order valence-corrected chi connectivity index (χ1v) is 4.34. The number of hydrogen-bond acceptors (Lipinski definition) is 1. The average Bonchev–Trinajstić information content (AvgIpc) is 1.94. The smallest absolute Gasteiger partial charge is 0.0430 e. The van der Waals surface area contributed by atoms with E-state index in [9.17, 15) is 0 Å². The number of dihydropyridines is 1. The van der Waals surface area contributed by atoms with Crippen molar-refractivity contribution in [2.45, 2.75) is 34.1 Å². The summed E-state index contributed by atoms with van der Waals surface area (Å²) in [6, 6.07) is 0. The van der Waals surface area contributed by atoms with Crippen LogP contribution in [0.15, 0.2) is 16.1 Å². The van der Waals surface area contributed by atoms with Crippen LogP contribution in [-0.4, -0.2) is 12.3 Å². The maximum absolute atomic E-state index is 4.52. The Kier molecular flexibility index (Phi) is 2.48. The Bertz CT molecular complexity index is 209. The average molecular weight is 151 g/mol. The van der Waals surface area contributed by atoms with Crippen LogP contribution in [0.4, 0.5) is 0 Å². The zero-order valence-corrected chi connectivity index (χ0v) is 7.94. The molecule has 0 saturated heterocycles. The van der Waals surface area contributed by atoms with E-state index >= 15 is 0 Å². The van der Waals surface area contributed by atoms with Crippen molar-refractivity contribution in [1.82, 2.24) is 0 Å². The van der Waals surface area contributed by atoms with Gasteiger partial charge < -0.3 is 0 Å². The van der Waals surface area contributed by atoms with Crippen molar-refractivity contribution in [3.8, 4) is 0 Å². The molecule has 0 bridgehead atoms. The number of hydrogen-bond donors (Lipinski definition) is 0. The summed E-state index contributed by atoms with van der Waals surface area (Å²) in [5, 5.41) is 0. The highest BCUT2D eigenvalue weighted by molar-refractivity contribution is 6.02. The predicted octanol–water partition coefficient (Wildman–Crippen LogP) is 2.82. The lowest BCUT2D eigenvalue weighted by atomic mass is 9.94. The van der Waals surface area contributed by atoms with Crippen molar-refractivity contribution in [1.29, 1.82) is 0 Å². The van der Waals surface area contributed by atoms with Crippen LogP contribution in [0.1, 0.15) is 34.1 Å². The Morgan fingerprint density at radius 3 is 2.36 bits per heavy atom. The van der Waals surface area contributed by atoms with Gasteiger partial charge in [-0.25, -0.2) is 0 Å². The first-order valence-electron chi connectivity index (χ1n) is 4.34. The van der Waals surface area contributed by atoms with E-state index in [0.717, 1.165) is 13.0 Å². The van der Waals surface area contributed by atoms with E-state index in [2.05, 4.69) is 32.7 Å². The lowest BCUT2D eigenvalue weighted by Crippen LogP contribution is -2.15. The van der Waals surface area contributed by atoms with Gasteiger partial charge in [-0.15, -0.1) is 0 Å². The van der Waals surface area contributed by atoms with Crippen LogP contribution in [-0.2, 0) is 0 Å². The molecule has 0 aromatic heterocycles. The van der Waals surface area contributed by atoms with Gasteiger partial charge in [0.05, 0.1) is 0 Å². The number of rotatable bonds is 1. The second kappa shape index (κ2) is 3.21. The Morgan fingerprint density at radius 1 is 1.27 bits per heavy atom. The third-order valence-corrected chi connectivity index (χ3v) is 2.34. The van der Waals surface area contributed by atoms with Crippen LogP contribution < -0.4 is 0 Å². The van der Waals surface area contributed by atoms with Crippen LogP contribution in [0.2, 0.25) is 0 Å². The molecule has 0 spiro atoms. The van der Waals surface area contributed by atoms with Gasteiger partial charge in [-0.3, -0.25) is 4.99 Å². The zero-order valence-electron chi connectivity index (χ0n) is 7.94. The van der Waals surface area contributed by atoms with Crippen molar-refractivity contribution in [2.24, 2.45) is 10.9 Å². The van der Waals surface area contributed by atoms with Gasteiger partial charge in [-0.05, 0) is 31.8 Å². The Labute approximate surface area is 69.2 Å². The lowest BCUT2D eigenvalue weighted by Gasteiger charge is -2.18. The molecule has 0 amide bonds. The molecule has 0 aromatic rings. The molecule has 1 rings (SSSR count). The van der Waals surface area contributed by atoms with Crippen LogP contribution in [0.3, 0.4) is 0 Å². The van der Waals surface area contributed by atoms with Gasteiger partial charge in [0, 0.05) is 12.3 Å². The molecule has 1 heterocycles. The normalized spacial score (nSPS) is 19.2. The van der Waals surface area contributed by atoms with Crippen molar-refractivity contribution in [3.63, 3.8) is 0 Å². The minimum atomic E-state index is 0.588. The lowest BCUT2D eigenvalue weighted by molar-refractivity contribution is 0.829. The highest BCUT2D eigenvalue weighted by Gasteiger charge is 2.12. The molecule has 1 aliphatic heterocycles. The van der Waals surface area contributed by atoms with E-state index in [1.54, 1.807) is 0 Å². The Morgan fingerprint density at radius 2 is 1.91 bits per heavy atom. The largest absolute Gasteiger partial charge is 0.289 e. The monoisotopic (exact) mass is 151 g/mol. The molecular weight excluding hydrogens is 134 g/mol. The summed E-state index contributed by atoms with van der Waals surface area (Å²) in [5.41, 5.74) is 4.25. The fourth-order valence-corrected chi connectivity index (χ4v) is 1.48. The summed E-state index contributed by atoms with van der Waals surface area (Å²) >= 11 is 0. The third kappa shape index (κ3) is 1.70. The Hall–Kier alpha value is -0.590. The van der Waals surface area contributed by atoms with E-state index in [1.165, 1.54) is 16.9 Å². The molecule has 0 atom stereocenters. The predicted molar refractivity (Wildman–Crippen MR) is 50.1 cm³/mol. The van der Waals surface area contributed by atoms with Crippen molar-refractivity contribution >= 4 is 5.71 Å². The third-order valence-electron chi connectivity index (χ3n) is 2.34. The van der Waals surface area contributed by atoms with Gasteiger partial charge >= 0.3 is 0 Å². The SMILES string of the molecule is CC1=C(C)C(C(C)C)=NCC1. The molecule has 0 fully saturated rings. The van der Waals surface area contributed by atoms with Crippen LogP contribution in [0.25, 0.3) is 0 Å². The maximum atomic E-state index is 4.52. The highest BCUT2D eigenvalue weighted by atomic mass is 14.8. The summed E-state index contributed by atoms with van der Waals surface area (Å²) in [4.78, 5) is 4.52. The van der Waals surface area contributed by atoms with Gasteiger partial charge in [-0.1, -0.05) is 19.4 Å². The summed E-state index contributed by atoms with van der Waals surface area (Å²) in [7, 11) is 0. The van der Waals surface area contributed by atoms with E-state index in [-0.39, 0.29) is 0 Å². The van der Waals surface area contributed by atoms with Gasteiger partial charge in [0.15, 0.2) is 0 Å². The van der Waals surface area contributed by atoms with Crippen molar-refractivity contribution in [3.05, 3.63) is 11.1 Å². The molecular formula is C10H17N. The quantitative estimate of drug-likeness (QED) is 0.546. The number of aliphatic imine (C=N–C) groups is 1. The number of allylic oxidation sites excluding steroid dienone is 1. The molecule has 0 aromatic carbocycles. The van der Waals surface area contributed by atoms with Crippen LogP contribution >= 0.6 is 0 Å². The maximum Gasteiger partial charge on any atom is 0.0430 e. The standard InChI is InChI=1S/C10H17N/c1-7(2)10-9(4)8(3)5-6-11-10/h7H,5-6H2,1-4H3. The molecule has 0 aliphatic carbocycles. The van der Waals surface area contributed by atoms with Crippen molar-refractivity contribution < 1.29 is 0 Å². The van der Waals surface area contributed by atoms with Crippen molar-refractivity contribution in [2.75, 3.05) is 6.54 Å². The summed E-state index contributed by atoms with van der Waals surface area (Å²) in [6.07, 6.45) is 1.15. The summed E-state index contributed by atoms with van der Waals surface area (Å²) < 4.78 is 0. The van der Waals surface area contributed by atoms with E-state index < -0.39 is 0 Å². The molecule has 0 unspecified atom stereocenters. The molecule has 11 heavy (non-hydrogen) atoms. The minimum absolute atomic E-state index is 0.588. The molecule has 0 radical (unpaired) electrons. The molecule has 1 heteroatoms. The summed E-state index contributed by atoms with van der Waals surface area (Å²) in [5.74, 6) is 0.588. The Balaban J connectivity index is 2.89. The number of nitrogens with zero attached hydrogens (tertiary/aromatic N) is 1. The molecule has 1 aliphatic rings. The van der Waals surface area contributed by atoms with E-state index in [0.29, 0.717) is 5.92 Å². The first-order chi connectivity index (χ1) is 5.13. The van der Waals surface area contributed by atoms with Gasteiger partial charge in [-0.2, -0.15) is 0 Å². The first kappa shape index (κ1) is 8.51. The van der Waals surface area contributed by atoms with Crippen LogP contribution in [0.5, 0.6) is 0 Å². The van der Waals surface area contributed by atoms with Crippen LogP contribution in [0, 0.1) is 5.92 Å². The zero-order chi connectivity index (χ0) is 8.43. The molecule has 0 saturated carbocycles. The molecule has 0 N–H and O–H groups in total. The topological polar surface area (TPSA) is 12.4 Å². The van der Waals surface area contributed by atoms with Gasteiger partial charge in [0.1, 0.15) is 0 Å². The fourth-order valence-electron chi connectivity index (χ4n) is 1.48. The minimum Gasteiger partial charge on any atom is -0.289 e. The highest BCUT2D eigenvalue weighted by Crippen LogP contribution is 2.19. The van der Waals surface area contributed by atoms with Gasteiger partial charge in [0.25, 0.3) is 0 Å². The second-order valence-corrected chi connectivity index (χ2v) is 3.58. The van der Waals surface area contributed by atoms with Gasteiger partial charge in [0.2, 0.25) is 0 Å². The fraction of sp³-hybridized carbons (Fsp3) is 0.700. The van der Waals surface area contributed by atoms with E-state index in [4.69, 9.17) is 0 Å². The summed E-state index contributed by atoms with van der Waals surface area (Å²) in [6.45, 7) is 9.82. The molecule has 62 valence electrons.